The smallest absolute Gasteiger partial charge is 0.406 e. The third-order valence-corrected chi connectivity index (χ3v) is 6.14. The summed E-state index contributed by atoms with van der Waals surface area (Å²) >= 11 is 0. The van der Waals surface area contributed by atoms with Gasteiger partial charge in [-0.25, -0.2) is 13.1 Å². The number of benzene rings is 2. The number of sulfonamides is 1. The number of alkyl halides is 3. The predicted molar refractivity (Wildman–Crippen MR) is 97.1 cm³/mol. The van der Waals surface area contributed by atoms with Gasteiger partial charge in [0.1, 0.15) is 5.75 Å². The summed E-state index contributed by atoms with van der Waals surface area (Å²) in [6, 6.07) is 11.2. The average molecular weight is 415 g/mol. The van der Waals surface area contributed by atoms with E-state index in [0.717, 1.165) is 0 Å². The molecule has 0 unspecified atom stereocenters. The van der Waals surface area contributed by atoms with Gasteiger partial charge in [0.2, 0.25) is 10.0 Å². The summed E-state index contributed by atoms with van der Waals surface area (Å²) in [5.74, 6) is -0.322. The van der Waals surface area contributed by atoms with Crippen molar-refractivity contribution in [2.24, 2.45) is 0 Å². The molecule has 9 heteroatoms. The SMILES string of the molecule is O=S(=O)(NC1CCC(O)CC1)c1ccc(-c2ccc(OC(F)(F)F)cc2)cc1. The van der Waals surface area contributed by atoms with Gasteiger partial charge in [0.25, 0.3) is 0 Å². The van der Waals surface area contributed by atoms with E-state index >= 15 is 0 Å². The molecule has 2 N–H and O–H groups in total. The lowest BCUT2D eigenvalue weighted by atomic mass is 9.94. The number of rotatable bonds is 5. The van der Waals surface area contributed by atoms with Gasteiger partial charge < -0.3 is 9.84 Å². The fourth-order valence-corrected chi connectivity index (χ4v) is 4.46. The first kappa shape index (κ1) is 20.6. The molecule has 152 valence electrons. The van der Waals surface area contributed by atoms with Crippen molar-refractivity contribution >= 4 is 10.0 Å². The highest BCUT2D eigenvalue weighted by molar-refractivity contribution is 7.89. The number of aliphatic hydroxyl groups is 1. The zero-order valence-corrected chi connectivity index (χ0v) is 15.6. The Bertz CT molecular complexity index is 888. The van der Waals surface area contributed by atoms with Crippen LogP contribution in [-0.2, 0) is 10.0 Å². The Hall–Kier alpha value is -2.10. The second kappa shape index (κ2) is 8.10. The van der Waals surface area contributed by atoms with Gasteiger partial charge in [-0.15, -0.1) is 13.2 Å². The summed E-state index contributed by atoms with van der Waals surface area (Å²) in [6.45, 7) is 0. The van der Waals surface area contributed by atoms with E-state index < -0.39 is 16.4 Å². The van der Waals surface area contributed by atoms with Crippen LogP contribution in [0.1, 0.15) is 25.7 Å². The van der Waals surface area contributed by atoms with Crippen LogP contribution in [0.25, 0.3) is 11.1 Å². The summed E-state index contributed by atoms with van der Waals surface area (Å²) in [6.07, 6.45) is -2.80. The maximum atomic E-state index is 12.5. The van der Waals surface area contributed by atoms with Crippen LogP contribution >= 0.6 is 0 Å². The fourth-order valence-electron chi connectivity index (χ4n) is 3.16. The van der Waals surface area contributed by atoms with E-state index in [1.54, 1.807) is 12.1 Å². The molecule has 5 nitrogen and oxygen atoms in total. The average Bonchev–Trinajstić information content (AvgIpc) is 2.63. The van der Waals surface area contributed by atoms with Crippen LogP contribution in [0.4, 0.5) is 13.2 Å². The first-order chi connectivity index (χ1) is 13.1. The van der Waals surface area contributed by atoms with Crippen molar-refractivity contribution < 1.29 is 31.4 Å². The van der Waals surface area contributed by atoms with Crippen LogP contribution in [0, 0.1) is 0 Å². The maximum absolute atomic E-state index is 12.5. The van der Waals surface area contributed by atoms with Crippen molar-refractivity contribution in [1.29, 1.82) is 0 Å². The standard InChI is InChI=1S/C19H20F3NO4S/c20-19(21,22)27-17-9-1-13(2-10-17)14-3-11-18(12-4-14)28(25,26)23-15-5-7-16(24)8-6-15/h1-4,9-12,15-16,23-24H,5-8H2. The van der Waals surface area contributed by atoms with Gasteiger partial charge in [-0.3, -0.25) is 0 Å². The molecule has 1 saturated carbocycles. The minimum atomic E-state index is -4.75. The van der Waals surface area contributed by atoms with Gasteiger partial charge in [0.15, 0.2) is 0 Å². The van der Waals surface area contributed by atoms with E-state index in [1.807, 2.05) is 0 Å². The molecule has 3 rings (SSSR count). The Morgan fingerprint density at radius 3 is 1.89 bits per heavy atom. The predicted octanol–water partition coefficient (Wildman–Crippen LogP) is 3.83. The Labute approximate surface area is 161 Å². The van der Waals surface area contributed by atoms with E-state index in [1.165, 1.54) is 36.4 Å². The van der Waals surface area contributed by atoms with Crippen molar-refractivity contribution in [1.82, 2.24) is 4.72 Å². The maximum Gasteiger partial charge on any atom is 0.573 e. The van der Waals surface area contributed by atoms with Crippen molar-refractivity contribution in [2.45, 2.75) is 49.1 Å². The molecule has 0 aromatic heterocycles. The molecule has 0 radical (unpaired) electrons. The van der Waals surface area contributed by atoms with Crippen LogP contribution in [0.5, 0.6) is 5.75 Å². The zero-order chi connectivity index (χ0) is 20.4. The molecule has 0 bridgehead atoms. The lowest BCUT2D eigenvalue weighted by Crippen LogP contribution is -2.38. The molecule has 0 saturated heterocycles. The van der Waals surface area contributed by atoms with Crippen LogP contribution in [0.15, 0.2) is 53.4 Å². The van der Waals surface area contributed by atoms with Crippen LogP contribution < -0.4 is 9.46 Å². The topological polar surface area (TPSA) is 75.6 Å². The van der Waals surface area contributed by atoms with Crippen LogP contribution in [0.3, 0.4) is 0 Å². The summed E-state index contributed by atoms with van der Waals surface area (Å²) in [5.41, 5.74) is 1.30. The molecular formula is C19H20F3NO4S. The quantitative estimate of drug-likeness (QED) is 0.778. The first-order valence-electron chi connectivity index (χ1n) is 8.79. The second-order valence-electron chi connectivity index (χ2n) is 6.72. The Kier molecular flexibility index (Phi) is 5.97. The lowest BCUT2D eigenvalue weighted by molar-refractivity contribution is -0.274. The minimum absolute atomic E-state index is 0.111. The highest BCUT2D eigenvalue weighted by atomic mass is 32.2. The van der Waals surface area contributed by atoms with Crippen LogP contribution in [-0.4, -0.2) is 32.0 Å². The number of aliphatic hydroxyl groups excluding tert-OH is 1. The number of ether oxygens (including phenoxy) is 1. The molecule has 0 spiro atoms. The van der Waals surface area contributed by atoms with Crippen molar-refractivity contribution in [3.05, 3.63) is 48.5 Å². The molecule has 2 aromatic carbocycles. The molecule has 0 amide bonds. The fraction of sp³-hybridized carbons (Fsp3) is 0.368. The third-order valence-electron chi connectivity index (χ3n) is 4.60. The number of hydrogen-bond acceptors (Lipinski definition) is 4. The van der Waals surface area contributed by atoms with Gasteiger partial charge in [-0.1, -0.05) is 24.3 Å². The van der Waals surface area contributed by atoms with E-state index in [9.17, 15) is 26.7 Å². The summed E-state index contributed by atoms with van der Waals surface area (Å²) in [5, 5.41) is 9.51. The highest BCUT2D eigenvalue weighted by Gasteiger charge is 2.31. The molecule has 1 aliphatic rings. The molecule has 0 heterocycles. The van der Waals surface area contributed by atoms with Crippen molar-refractivity contribution in [3.63, 3.8) is 0 Å². The number of halogens is 3. The monoisotopic (exact) mass is 415 g/mol. The van der Waals surface area contributed by atoms with E-state index in [0.29, 0.717) is 36.8 Å². The third kappa shape index (κ3) is 5.46. The minimum Gasteiger partial charge on any atom is -0.406 e. The normalized spacial score (nSPS) is 20.7. The molecule has 0 aliphatic heterocycles. The Morgan fingerprint density at radius 1 is 0.893 bits per heavy atom. The molecule has 28 heavy (non-hydrogen) atoms. The van der Waals surface area contributed by atoms with Crippen LogP contribution in [0.2, 0.25) is 0 Å². The first-order valence-corrected chi connectivity index (χ1v) is 10.3. The Balaban J connectivity index is 1.69. The largest absolute Gasteiger partial charge is 0.573 e. The van der Waals surface area contributed by atoms with E-state index in [2.05, 4.69) is 9.46 Å². The summed E-state index contributed by atoms with van der Waals surface area (Å²) in [4.78, 5) is 0.111. The molecule has 1 aliphatic carbocycles. The number of nitrogens with one attached hydrogen (secondary N) is 1. The zero-order valence-electron chi connectivity index (χ0n) is 14.8. The van der Waals surface area contributed by atoms with E-state index in [4.69, 9.17) is 0 Å². The Morgan fingerprint density at radius 2 is 1.39 bits per heavy atom. The van der Waals surface area contributed by atoms with Gasteiger partial charge in [0, 0.05) is 6.04 Å². The summed E-state index contributed by atoms with van der Waals surface area (Å²) in [7, 11) is -3.68. The van der Waals surface area contributed by atoms with Gasteiger partial charge in [-0.2, -0.15) is 0 Å². The van der Waals surface area contributed by atoms with Gasteiger partial charge in [0.05, 0.1) is 11.0 Å². The van der Waals surface area contributed by atoms with E-state index in [-0.39, 0.29) is 22.8 Å². The lowest BCUT2D eigenvalue weighted by Gasteiger charge is -2.26. The molecule has 1 fully saturated rings. The van der Waals surface area contributed by atoms with Gasteiger partial charge >= 0.3 is 6.36 Å². The second-order valence-corrected chi connectivity index (χ2v) is 8.44. The molecule has 0 atom stereocenters. The van der Waals surface area contributed by atoms with Crippen molar-refractivity contribution in [3.8, 4) is 16.9 Å². The highest BCUT2D eigenvalue weighted by Crippen LogP contribution is 2.27. The van der Waals surface area contributed by atoms with Gasteiger partial charge in [-0.05, 0) is 61.1 Å². The molecule has 2 aromatic rings. The van der Waals surface area contributed by atoms with Crippen molar-refractivity contribution in [2.75, 3.05) is 0 Å². The molecular weight excluding hydrogens is 395 g/mol. The number of hydrogen-bond donors (Lipinski definition) is 2. The summed E-state index contributed by atoms with van der Waals surface area (Å²) < 4.78 is 68.1.